The largest absolute Gasteiger partial charge is 0.298 e. The molecular weight excluding hydrogens is 308 g/mol. The fourth-order valence-corrected chi connectivity index (χ4v) is 3.04. The Kier molecular flexibility index (Phi) is 3.23. The summed E-state index contributed by atoms with van der Waals surface area (Å²) in [6.45, 7) is 11.4. The van der Waals surface area contributed by atoms with Crippen LogP contribution in [0.4, 0.5) is 0 Å². The first-order chi connectivity index (χ1) is 11.3. The summed E-state index contributed by atoms with van der Waals surface area (Å²) in [5, 5.41) is 0. The summed E-state index contributed by atoms with van der Waals surface area (Å²) in [6.07, 6.45) is 3.21. The second-order valence-corrected chi connectivity index (χ2v) is 5.45. The summed E-state index contributed by atoms with van der Waals surface area (Å²) in [4.78, 5) is 59.7. The van der Waals surface area contributed by atoms with E-state index in [2.05, 4.69) is 19.7 Å². The van der Waals surface area contributed by atoms with Gasteiger partial charge in [-0.05, 0) is 28.9 Å². The molecule has 0 saturated carbocycles. The Hall–Kier alpha value is -3.47. The molecule has 0 spiro atoms. The molecule has 3 rings (SSSR count). The molecule has 0 atom stereocenters. The van der Waals surface area contributed by atoms with E-state index >= 15 is 0 Å². The number of allylic oxidation sites excluding steroid dienone is 11. The lowest BCUT2D eigenvalue weighted by atomic mass is 9.69. The number of rotatable bonds is 2. The fourth-order valence-electron chi connectivity index (χ4n) is 3.04. The Morgan fingerprint density at radius 1 is 0.625 bits per heavy atom. The van der Waals surface area contributed by atoms with Crippen LogP contribution >= 0.6 is 0 Å². The minimum absolute atomic E-state index is 0.200. The third kappa shape index (κ3) is 1.78. The molecule has 5 nitrogen and oxygen atoms in total. The number of Topliss-reactive ketones (excluding diaryl/α,β-unsaturated/α-hetero) is 3. The highest BCUT2D eigenvalue weighted by atomic mass is 16.2. The van der Waals surface area contributed by atoms with Gasteiger partial charge in [0.05, 0.1) is 22.3 Å². The Morgan fingerprint density at radius 2 is 1.00 bits per heavy atom. The van der Waals surface area contributed by atoms with Crippen LogP contribution in [-0.2, 0) is 24.0 Å². The van der Waals surface area contributed by atoms with Crippen LogP contribution < -0.4 is 0 Å². The molecule has 0 bridgehead atoms. The SMILES string of the molecule is C=C1C=C(C=O)C(=O)C2=C1C(=C)C1=C(C(=O)C(C=O)=CC1=C)C2=O. The van der Waals surface area contributed by atoms with E-state index in [0.29, 0.717) is 12.6 Å². The van der Waals surface area contributed by atoms with Crippen LogP contribution in [0.2, 0.25) is 0 Å². The highest BCUT2D eigenvalue weighted by Crippen LogP contribution is 2.44. The Balaban J connectivity index is 2.27. The quantitative estimate of drug-likeness (QED) is 0.565. The van der Waals surface area contributed by atoms with Crippen molar-refractivity contribution in [2.75, 3.05) is 0 Å². The lowest BCUT2D eigenvalue weighted by Crippen LogP contribution is -2.33. The number of ketones is 3. The summed E-state index contributed by atoms with van der Waals surface area (Å²) >= 11 is 0. The maximum Gasteiger partial charge on any atom is 0.202 e. The summed E-state index contributed by atoms with van der Waals surface area (Å²) in [5.74, 6) is -2.42. The van der Waals surface area contributed by atoms with Gasteiger partial charge in [-0.3, -0.25) is 24.0 Å². The molecule has 0 saturated heterocycles. The van der Waals surface area contributed by atoms with Gasteiger partial charge in [0.25, 0.3) is 0 Å². The highest BCUT2D eigenvalue weighted by molar-refractivity contribution is 6.46. The van der Waals surface area contributed by atoms with Crippen molar-refractivity contribution in [1.82, 2.24) is 0 Å². The third-order valence-corrected chi connectivity index (χ3v) is 4.09. The molecule has 0 fully saturated rings. The zero-order valence-corrected chi connectivity index (χ0v) is 12.5. The van der Waals surface area contributed by atoms with Gasteiger partial charge in [-0.2, -0.15) is 0 Å². The first-order valence-corrected chi connectivity index (χ1v) is 6.88. The van der Waals surface area contributed by atoms with Crippen molar-refractivity contribution in [3.8, 4) is 0 Å². The molecule has 24 heavy (non-hydrogen) atoms. The Bertz CT molecular complexity index is 897. The normalized spacial score (nSPS) is 20.7. The van der Waals surface area contributed by atoms with Crippen molar-refractivity contribution >= 4 is 29.9 Å². The summed E-state index contributed by atoms with van der Waals surface area (Å²) in [7, 11) is 0. The second-order valence-electron chi connectivity index (χ2n) is 5.45. The molecule has 0 unspecified atom stereocenters. The Labute approximate surface area is 136 Å². The predicted octanol–water partition coefficient (Wildman–Crippen LogP) is 1.25. The molecule has 0 heterocycles. The highest BCUT2D eigenvalue weighted by Gasteiger charge is 2.43. The predicted molar refractivity (Wildman–Crippen MR) is 84.8 cm³/mol. The van der Waals surface area contributed by atoms with Gasteiger partial charge >= 0.3 is 0 Å². The van der Waals surface area contributed by atoms with Crippen molar-refractivity contribution in [1.29, 1.82) is 0 Å². The van der Waals surface area contributed by atoms with E-state index in [1.54, 1.807) is 0 Å². The van der Waals surface area contributed by atoms with Crippen LogP contribution in [-0.4, -0.2) is 29.9 Å². The van der Waals surface area contributed by atoms with E-state index in [0.717, 1.165) is 0 Å². The second kappa shape index (κ2) is 5.03. The third-order valence-electron chi connectivity index (χ3n) is 4.09. The zero-order valence-electron chi connectivity index (χ0n) is 12.5. The van der Waals surface area contributed by atoms with E-state index in [9.17, 15) is 24.0 Å². The molecule has 0 amide bonds. The van der Waals surface area contributed by atoms with Crippen LogP contribution in [0.15, 0.2) is 82.0 Å². The topological polar surface area (TPSA) is 85.3 Å². The van der Waals surface area contributed by atoms with Gasteiger partial charge in [0.15, 0.2) is 12.6 Å². The van der Waals surface area contributed by atoms with E-state index < -0.39 is 17.3 Å². The summed E-state index contributed by atoms with van der Waals surface area (Å²) in [6, 6.07) is 0. The number of hydrogen-bond donors (Lipinski definition) is 0. The van der Waals surface area contributed by atoms with Crippen LogP contribution in [0.5, 0.6) is 0 Å². The molecule has 0 aromatic carbocycles. The lowest BCUT2D eigenvalue weighted by molar-refractivity contribution is -0.120. The van der Waals surface area contributed by atoms with Crippen molar-refractivity contribution in [2.45, 2.75) is 0 Å². The average molecular weight is 318 g/mol. The molecule has 0 aromatic rings. The maximum atomic E-state index is 12.8. The van der Waals surface area contributed by atoms with Crippen molar-refractivity contribution in [2.24, 2.45) is 0 Å². The molecule has 3 aliphatic carbocycles. The van der Waals surface area contributed by atoms with Gasteiger partial charge in [0.2, 0.25) is 17.3 Å². The summed E-state index contributed by atoms with van der Waals surface area (Å²) in [5.41, 5.74) is 0.123. The molecule has 3 aliphatic rings. The molecule has 0 aromatic heterocycles. The minimum atomic E-state index is -0.843. The van der Waals surface area contributed by atoms with Gasteiger partial charge in [-0.15, -0.1) is 0 Å². The van der Waals surface area contributed by atoms with E-state index in [4.69, 9.17) is 0 Å². The van der Waals surface area contributed by atoms with Crippen LogP contribution in [0.25, 0.3) is 0 Å². The van der Waals surface area contributed by atoms with E-state index in [1.165, 1.54) is 12.2 Å². The van der Waals surface area contributed by atoms with Crippen molar-refractivity contribution < 1.29 is 24.0 Å². The number of aldehydes is 2. The molecule has 5 heteroatoms. The van der Waals surface area contributed by atoms with Gasteiger partial charge in [-0.1, -0.05) is 19.7 Å². The van der Waals surface area contributed by atoms with Gasteiger partial charge in [-0.25, -0.2) is 0 Å². The summed E-state index contributed by atoms with van der Waals surface area (Å²) < 4.78 is 0. The van der Waals surface area contributed by atoms with E-state index in [1.807, 2.05) is 0 Å². The molecule has 0 radical (unpaired) electrons. The first-order valence-electron chi connectivity index (χ1n) is 6.88. The first kappa shape index (κ1) is 15.4. The Morgan fingerprint density at radius 3 is 1.33 bits per heavy atom. The van der Waals surface area contributed by atoms with Crippen LogP contribution in [0, 0.1) is 0 Å². The standard InChI is InChI=1S/C19H10O5/c1-8-4-11(6-20)17(22)15-13(8)10(3)14-9(2)5-12(7-21)18(23)16(14)19(15)24/h4-7H,1-3H2. The van der Waals surface area contributed by atoms with Gasteiger partial charge in [0.1, 0.15) is 0 Å². The fraction of sp³-hybridized carbons (Fsp3) is 0. The maximum absolute atomic E-state index is 12.8. The number of carbonyl (C=O) groups is 5. The van der Waals surface area contributed by atoms with Crippen LogP contribution in [0.3, 0.4) is 0 Å². The van der Waals surface area contributed by atoms with E-state index in [-0.39, 0.29) is 50.2 Å². The van der Waals surface area contributed by atoms with Gasteiger partial charge < -0.3 is 0 Å². The zero-order chi connectivity index (χ0) is 17.8. The van der Waals surface area contributed by atoms with Crippen molar-refractivity contribution in [3.63, 3.8) is 0 Å². The molecular formula is C19H10O5. The lowest BCUT2D eigenvalue weighted by Gasteiger charge is -2.30. The minimum Gasteiger partial charge on any atom is -0.298 e. The number of carbonyl (C=O) groups excluding carboxylic acids is 5. The smallest absolute Gasteiger partial charge is 0.202 e. The molecule has 116 valence electrons. The van der Waals surface area contributed by atoms with Crippen LogP contribution in [0.1, 0.15) is 0 Å². The molecule has 0 N–H and O–H groups in total. The van der Waals surface area contributed by atoms with Crippen molar-refractivity contribution in [3.05, 3.63) is 82.0 Å². The average Bonchev–Trinajstić information content (AvgIpc) is 2.55. The van der Waals surface area contributed by atoms with Gasteiger partial charge in [0, 0.05) is 11.1 Å². The number of hydrogen-bond acceptors (Lipinski definition) is 5. The molecule has 0 aliphatic heterocycles. The monoisotopic (exact) mass is 318 g/mol.